The molecule has 0 unspecified atom stereocenters. The number of fused-ring (bicyclic) bond motifs is 1. The van der Waals surface area contributed by atoms with Gasteiger partial charge in [-0.15, -0.1) is 0 Å². The summed E-state index contributed by atoms with van der Waals surface area (Å²) in [6.45, 7) is 2.53. The normalized spacial score (nSPS) is 11.6. The molecule has 0 aliphatic heterocycles. The number of hydrogen-bond donors (Lipinski definition) is 1. The Morgan fingerprint density at radius 3 is 2.65 bits per heavy atom. The third-order valence-electron chi connectivity index (χ3n) is 5.48. The zero-order valence-electron chi connectivity index (χ0n) is 18.3. The number of nitrogens with one attached hydrogen (secondary N) is 1. The molecular weight excluding hydrogens is 465 g/mol. The number of nitrogens with zero attached hydrogens (tertiary/aromatic N) is 4. The predicted octanol–water partition coefficient (Wildman–Crippen LogP) is 7.15. The van der Waals surface area contributed by atoms with Crippen molar-refractivity contribution >= 4 is 45.9 Å². The second-order valence-electron chi connectivity index (χ2n) is 8.02. The van der Waals surface area contributed by atoms with E-state index in [-0.39, 0.29) is 0 Å². The average molecular weight is 484 g/mol. The molecule has 0 atom stereocenters. The van der Waals surface area contributed by atoms with Crippen LogP contribution in [0.5, 0.6) is 0 Å². The van der Waals surface area contributed by atoms with E-state index in [0.29, 0.717) is 28.0 Å². The molecule has 1 N–H and O–H groups in total. The molecule has 2 heterocycles. The Labute approximate surface area is 206 Å². The summed E-state index contributed by atoms with van der Waals surface area (Å²) in [6, 6.07) is 23.7. The van der Waals surface area contributed by atoms with Crippen molar-refractivity contribution in [2.45, 2.75) is 13.5 Å². The minimum absolute atomic E-state index is 0.431. The molecule has 5 rings (SSSR count). The lowest BCUT2D eigenvalue weighted by molar-refractivity contribution is 0.689. The van der Waals surface area contributed by atoms with E-state index in [2.05, 4.69) is 16.0 Å². The first-order valence-electron chi connectivity index (χ1n) is 10.7. The van der Waals surface area contributed by atoms with E-state index in [0.717, 1.165) is 39.0 Å². The van der Waals surface area contributed by atoms with E-state index in [1.807, 2.05) is 84.5 Å². The van der Waals surface area contributed by atoms with Gasteiger partial charge in [0, 0.05) is 17.3 Å². The summed E-state index contributed by atoms with van der Waals surface area (Å²) in [4.78, 5) is 7.88. The van der Waals surface area contributed by atoms with Gasteiger partial charge in [-0.1, -0.05) is 65.7 Å². The summed E-state index contributed by atoms with van der Waals surface area (Å²) in [7, 11) is 0. The van der Waals surface area contributed by atoms with Crippen molar-refractivity contribution in [1.29, 1.82) is 5.26 Å². The van der Waals surface area contributed by atoms with Gasteiger partial charge in [0.25, 0.3) is 0 Å². The van der Waals surface area contributed by atoms with Gasteiger partial charge in [0.1, 0.15) is 11.9 Å². The van der Waals surface area contributed by atoms with Crippen molar-refractivity contribution < 1.29 is 0 Å². The maximum absolute atomic E-state index is 9.95. The molecule has 5 aromatic rings. The highest BCUT2D eigenvalue weighted by Crippen LogP contribution is 2.28. The fourth-order valence-electron chi connectivity index (χ4n) is 3.83. The van der Waals surface area contributed by atoms with Crippen LogP contribution in [-0.4, -0.2) is 19.7 Å². The van der Waals surface area contributed by atoms with Crippen molar-refractivity contribution in [2.75, 3.05) is 0 Å². The monoisotopic (exact) mass is 483 g/mol. The Hall–Kier alpha value is -3.85. The van der Waals surface area contributed by atoms with Gasteiger partial charge in [-0.25, -0.2) is 4.98 Å². The lowest BCUT2D eigenvalue weighted by atomic mass is 10.1. The van der Waals surface area contributed by atoms with Crippen LogP contribution < -0.4 is 0 Å². The highest BCUT2D eigenvalue weighted by Gasteiger charge is 2.14. The van der Waals surface area contributed by atoms with Gasteiger partial charge in [0.2, 0.25) is 0 Å². The van der Waals surface area contributed by atoms with Crippen LogP contribution in [0.25, 0.3) is 33.9 Å². The zero-order chi connectivity index (χ0) is 23.7. The number of benzene rings is 3. The van der Waals surface area contributed by atoms with Crippen molar-refractivity contribution in [3.63, 3.8) is 0 Å². The second kappa shape index (κ2) is 9.18. The quantitative estimate of drug-likeness (QED) is 0.269. The maximum Gasteiger partial charge on any atom is 0.149 e. The molecule has 0 bridgehead atoms. The molecule has 0 saturated heterocycles. The minimum Gasteiger partial charge on any atom is -0.337 e. The number of aryl methyl sites for hydroxylation is 1. The molecule has 7 heteroatoms. The maximum atomic E-state index is 9.95. The summed E-state index contributed by atoms with van der Waals surface area (Å²) < 4.78 is 1.84. The number of rotatable bonds is 5. The number of halogens is 2. The van der Waals surface area contributed by atoms with E-state index in [1.54, 1.807) is 6.07 Å². The van der Waals surface area contributed by atoms with Gasteiger partial charge in [0.05, 0.1) is 38.9 Å². The highest BCUT2D eigenvalue weighted by molar-refractivity contribution is 6.42. The van der Waals surface area contributed by atoms with Gasteiger partial charge in [-0.3, -0.25) is 4.68 Å². The van der Waals surface area contributed by atoms with Crippen LogP contribution in [0.3, 0.4) is 0 Å². The number of imidazole rings is 1. The van der Waals surface area contributed by atoms with Crippen LogP contribution in [0, 0.1) is 18.3 Å². The highest BCUT2D eigenvalue weighted by atomic mass is 35.5. The topological polar surface area (TPSA) is 70.3 Å². The van der Waals surface area contributed by atoms with E-state index in [4.69, 9.17) is 28.3 Å². The third-order valence-corrected chi connectivity index (χ3v) is 6.22. The third kappa shape index (κ3) is 4.47. The first-order chi connectivity index (χ1) is 16.5. The van der Waals surface area contributed by atoms with Crippen LogP contribution in [0.2, 0.25) is 10.0 Å². The van der Waals surface area contributed by atoms with Gasteiger partial charge in [0.15, 0.2) is 0 Å². The lowest BCUT2D eigenvalue weighted by Gasteiger charge is -2.03. The molecule has 166 valence electrons. The summed E-state index contributed by atoms with van der Waals surface area (Å²) in [5, 5.41) is 15.8. The second-order valence-corrected chi connectivity index (χ2v) is 8.84. The van der Waals surface area contributed by atoms with E-state index in [9.17, 15) is 5.26 Å². The summed E-state index contributed by atoms with van der Waals surface area (Å²) in [5.74, 6) is 0.527. The Balaban J connectivity index is 1.58. The zero-order valence-corrected chi connectivity index (χ0v) is 19.8. The van der Waals surface area contributed by atoms with Crippen molar-refractivity contribution in [2.24, 2.45) is 0 Å². The first-order valence-corrected chi connectivity index (χ1v) is 11.4. The van der Waals surface area contributed by atoms with Crippen LogP contribution in [0.4, 0.5) is 0 Å². The summed E-state index contributed by atoms with van der Waals surface area (Å²) in [6.07, 6.45) is 3.75. The molecule has 34 heavy (non-hydrogen) atoms. The number of aromatic amines is 1. The first kappa shape index (κ1) is 22.0. The summed E-state index contributed by atoms with van der Waals surface area (Å²) in [5.41, 5.74) is 6.80. The van der Waals surface area contributed by atoms with Crippen LogP contribution in [-0.2, 0) is 6.54 Å². The largest absolute Gasteiger partial charge is 0.337 e. The predicted molar refractivity (Wildman–Crippen MR) is 138 cm³/mol. The van der Waals surface area contributed by atoms with Crippen molar-refractivity contribution in [3.8, 4) is 17.3 Å². The Kier molecular flexibility index (Phi) is 5.93. The number of nitriles is 1. The van der Waals surface area contributed by atoms with E-state index in [1.165, 1.54) is 0 Å². The smallest absolute Gasteiger partial charge is 0.149 e. The van der Waals surface area contributed by atoms with Gasteiger partial charge < -0.3 is 4.98 Å². The average Bonchev–Trinajstić information content (AvgIpc) is 3.44. The molecule has 0 amide bonds. The van der Waals surface area contributed by atoms with Crippen molar-refractivity contribution in [1.82, 2.24) is 19.7 Å². The molecule has 2 aromatic heterocycles. The van der Waals surface area contributed by atoms with Gasteiger partial charge in [-0.05, 0) is 48.4 Å². The molecule has 0 spiro atoms. The standard InChI is InChI=1S/C27H19Cl2N5/c1-17-7-10-24-25(11-17)32-27(31-24)20(14-30)13-21-16-34(15-18-8-9-22(28)23(29)12-18)33-26(21)19-5-3-2-4-6-19/h2-13,16H,15H2,1H3,(H,31,32)/b20-13+. The number of H-pyrrole nitrogens is 1. The summed E-state index contributed by atoms with van der Waals surface area (Å²) >= 11 is 12.3. The van der Waals surface area contributed by atoms with Crippen LogP contribution >= 0.6 is 23.2 Å². The molecule has 0 aliphatic carbocycles. The Bertz CT molecular complexity index is 1570. The molecule has 0 aliphatic rings. The number of aromatic nitrogens is 4. The number of allylic oxidation sites excluding steroid dienone is 1. The van der Waals surface area contributed by atoms with Crippen molar-refractivity contribution in [3.05, 3.63) is 105 Å². The fraction of sp³-hybridized carbons (Fsp3) is 0.0741. The molecular formula is C27H19Cl2N5. The van der Waals surface area contributed by atoms with Gasteiger partial charge >= 0.3 is 0 Å². The molecule has 0 fully saturated rings. The fourth-order valence-corrected chi connectivity index (χ4v) is 4.15. The number of hydrogen-bond acceptors (Lipinski definition) is 3. The van der Waals surface area contributed by atoms with E-state index >= 15 is 0 Å². The Morgan fingerprint density at radius 1 is 1.06 bits per heavy atom. The lowest BCUT2D eigenvalue weighted by Crippen LogP contribution is -2.00. The van der Waals surface area contributed by atoms with Gasteiger partial charge in [-0.2, -0.15) is 10.4 Å². The Morgan fingerprint density at radius 2 is 1.88 bits per heavy atom. The molecule has 0 radical (unpaired) electrons. The molecule has 0 saturated carbocycles. The molecule has 3 aromatic carbocycles. The SMILES string of the molecule is Cc1ccc2nc(/C(C#N)=C/c3cn(Cc4ccc(Cl)c(Cl)c4)nc3-c3ccccc3)[nH]c2c1. The minimum atomic E-state index is 0.431. The van der Waals surface area contributed by atoms with Crippen LogP contribution in [0.15, 0.2) is 72.9 Å². The van der Waals surface area contributed by atoms with Crippen LogP contribution in [0.1, 0.15) is 22.5 Å². The van der Waals surface area contributed by atoms with E-state index < -0.39 is 0 Å². The molecule has 5 nitrogen and oxygen atoms in total.